The highest BCUT2D eigenvalue weighted by Crippen LogP contribution is 2.44. The maximum atomic E-state index is 12.9. The zero-order valence-electron chi connectivity index (χ0n) is 75.3. The number of esters is 3. The fourth-order valence-corrected chi connectivity index (χ4v) is 38.2. The highest BCUT2D eigenvalue weighted by molar-refractivity contribution is 8.15. The van der Waals surface area contributed by atoms with Crippen molar-refractivity contribution in [2.45, 2.75) is 288 Å². The van der Waals surface area contributed by atoms with Gasteiger partial charge in [0.1, 0.15) is 45.1 Å². The first-order chi connectivity index (χ1) is 53.3. The van der Waals surface area contributed by atoms with Crippen LogP contribution in [0, 0.1) is 48.5 Å². The monoisotopic (exact) mass is 2010 g/mol. The van der Waals surface area contributed by atoms with Crippen molar-refractivity contribution < 1.29 is 95.8 Å². The number of nitrogens with zero attached hydrogens (tertiary/aromatic N) is 2. The van der Waals surface area contributed by atoms with Gasteiger partial charge in [-0.1, -0.05) is 82.8 Å². The third-order valence-corrected chi connectivity index (χ3v) is 57.7. The highest BCUT2D eigenvalue weighted by Gasteiger charge is 2.42. The molecule has 8 rings (SSSR count). The van der Waals surface area contributed by atoms with Gasteiger partial charge >= 0.3 is 17.9 Å². The van der Waals surface area contributed by atoms with Crippen LogP contribution in [0.15, 0.2) is 81.2 Å². The van der Waals surface area contributed by atoms with Crippen LogP contribution in [0.1, 0.15) is 225 Å². The van der Waals surface area contributed by atoms with Crippen LogP contribution in [0.3, 0.4) is 0 Å². The lowest BCUT2D eigenvalue weighted by molar-refractivity contribution is 0.0591. The molecule has 2 atom stereocenters. The molecule has 0 aromatic carbocycles. The van der Waals surface area contributed by atoms with Crippen LogP contribution in [0.4, 0.5) is 0 Å². The standard InChI is InChI=1S/C15H28O3S2Si.2C14H28N2O2S2Si.C8H13NO3S2.C7H7ClO4S2.C7H9NO4S2.C7H8O2S.C4H8O.CH4/c1-11-12(15(5,6)16)9-13(19-11)20(17,18)10-21(7,8)14(2,3)4;2*1-10-11(14(5,6)17)9-12(19-10)20(15,18)16-21(7,8)13(2,3)4;1-5-6(8(2,3)10)4-7(13-5)14(9,11)12;2*1-4-5(7(9)12-2)3-6(13-4)14(8,10)11;1-5-6(3-4-10-5)7(8)9-2;1-2-4-5-3-1;/h9,16H,10H2,1-8H3;2*9,17H,1-8H3,(H2,15,16,18);4,10H,1-3H3,(H2,9,11,12);3H,1-2H3;3H,1-2H3,(H2,8,10,11);3-4H,1-2H3;1-4H2;1H4. The Morgan fingerprint density at radius 2 is 0.686 bits per heavy atom. The van der Waals surface area contributed by atoms with Gasteiger partial charge < -0.3 is 39.4 Å². The number of methoxy groups -OCH3 is 3. The number of rotatable bonds is 17. The number of sulfonamides is 2. The molecule has 0 radical (unpaired) electrons. The van der Waals surface area contributed by atoms with Crippen LogP contribution in [0.5, 0.6) is 0 Å². The predicted octanol–water partition coefficient (Wildman–Crippen LogP) is 18.6. The number of nitrogens with two attached hydrogens (primary N) is 4. The largest absolute Gasteiger partial charge is 0.465 e. The average Bonchev–Trinajstić information content (AvgIpc) is 1.74. The topological polar surface area (TPSA) is 469 Å². The van der Waals surface area contributed by atoms with Crippen LogP contribution < -0.4 is 20.6 Å². The van der Waals surface area contributed by atoms with Crippen molar-refractivity contribution >= 4 is 191 Å². The molecular weight excluding hydrogens is 1880 g/mol. The molecule has 1 saturated heterocycles. The molecule has 27 nitrogen and oxygen atoms in total. The molecule has 2 unspecified atom stereocenters. The fraction of sp³-hybridized carbons (Fsp3) is 0.597. The molecular formula is C77H133ClN6O21S13Si3. The van der Waals surface area contributed by atoms with Crippen LogP contribution in [-0.2, 0) is 100 Å². The third kappa shape index (κ3) is 35.9. The zero-order valence-corrected chi connectivity index (χ0v) is 89.6. The summed E-state index contributed by atoms with van der Waals surface area (Å²) in [5.41, 5.74) is 0.0155. The Morgan fingerprint density at radius 1 is 0.421 bits per heavy atom. The van der Waals surface area contributed by atoms with E-state index in [2.05, 4.69) is 124 Å². The summed E-state index contributed by atoms with van der Waals surface area (Å²) in [7, 11) is -17.5. The molecule has 44 heteroatoms. The second kappa shape index (κ2) is 44.3. The van der Waals surface area contributed by atoms with Crippen molar-refractivity contribution in [3.05, 3.63) is 121 Å². The van der Waals surface area contributed by atoms with Gasteiger partial charge in [-0.05, 0) is 228 Å². The van der Waals surface area contributed by atoms with E-state index in [0.29, 0.717) is 39.1 Å². The van der Waals surface area contributed by atoms with Gasteiger partial charge in [0.25, 0.3) is 9.05 Å². The van der Waals surface area contributed by atoms with E-state index < -0.39 is 118 Å². The Hall–Kier alpha value is -3.41. The van der Waals surface area contributed by atoms with E-state index in [-0.39, 0.29) is 57.6 Å². The number of primary sulfonamides is 2. The SMILES string of the molecule is C.C1CCOC1.COC(=O)c1cc(S(=O)(=O)Cl)sc1C.COC(=O)c1cc(S(N)(=O)=O)sc1C.COC(=O)c1ccsc1C.Cc1sc(S(=O)(=O)C[Si](C)(C)C(C)(C)C)cc1C(C)(C)O.Cc1sc(S(N)(=O)=N[Si](C)(C)C(C)(C)C)cc1C(C)(C)O.Cc1sc(S(N)(=O)=N[Si](C)(C)C(C)(C)C)cc1C(C)(C)O.Cc1sc(S(N)(=O)=O)cc1C(C)(C)O. The van der Waals surface area contributed by atoms with Crippen LogP contribution in [0.25, 0.3) is 0 Å². The summed E-state index contributed by atoms with van der Waals surface area (Å²) in [6.07, 6.45) is 2.56. The molecule has 12 N–H and O–H groups in total. The average molecular weight is 2020 g/mol. The molecule has 0 saturated carbocycles. The minimum absolute atomic E-state index is 0. The van der Waals surface area contributed by atoms with E-state index in [4.69, 9.17) is 36.0 Å². The zero-order chi connectivity index (χ0) is 94.7. The van der Waals surface area contributed by atoms with E-state index in [0.717, 1.165) is 82.7 Å². The summed E-state index contributed by atoms with van der Waals surface area (Å²) in [5.74, 6) is -1.38. The molecule has 1 fully saturated rings. The molecule has 0 aliphatic carbocycles. The number of halogens is 1. The summed E-state index contributed by atoms with van der Waals surface area (Å²) in [6, 6.07) is 10.8. The number of hydrogen-bond donors (Lipinski definition) is 8. The van der Waals surface area contributed by atoms with Crippen molar-refractivity contribution in [1.82, 2.24) is 0 Å². The normalized spacial score (nSPS) is 14.2. The van der Waals surface area contributed by atoms with Gasteiger partial charge in [0, 0.05) is 63.4 Å². The Labute approximate surface area is 757 Å². The smallest absolute Gasteiger partial charge is 0.339 e. The van der Waals surface area contributed by atoms with Crippen molar-refractivity contribution in [1.29, 1.82) is 0 Å². The highest BCUT2D eigenvalue weighted by atomic mass is 35.7. The maximum absolute atomic E-state index is 12.9. The van der Waals surface area contributed by atoms with Crippen molar-refractivity contribution in [3.63, 3.8) is 0 Å². The fourth-order valence-electron chi connectivity index (χ4n) is 9.65. The Bertz CT molecular complexity index is 5220. The van der Waals surface area contributed by atoms with Gasteiger partial charge in [0.15, 0.2) is 26.3 Å². The molecule has 1 aliphatic rings. The number of sulfone groups is 1. The maximum Gasteiger partial charge on any atom is 0.339 e. The molecule has 0 bridgehead atoms. The van der Waals surface area contributed by atoms with E-state index >= 15 is 0 Å². The van der Waals surface area contributed by atoms with Gasteiger partial charge in [-0.25, -0.2) is 77.0 Å². The Morgan fingerprint density at radius 3 is 0.909 bits per heavy atom. The van der Waals surface area contributed by atoms with Crippen molar-refractivity contribution in [2.24, 2.45) is 28.6 Å². The molecule has 8 heterocycles. The van der Waals surface area contributed by atoms with E-state index in [1.807, 2.05) is 33.1 Å². The minimum Gasteiger partial charge on any atom is -0.465 e. The first kappa shape index (κ1) is 118. The first-order valence-electron chi connectivity index (χ1n) is 37.1. The molecule has 7 aromatic rings. The number of ether oxygens (including phenoxy) is 4. The van der Waals surface area contributed by atoms with Gasteiger partial charge in [0.2, 0.25) is 20.0 Å². The lowest BCUT2D eigenvalue weighted by Crippen LogP contribution is -2.44. The summed E-state index contributed by atoms with van der Waals surface area (Å²) in [5, 5.41) is 64.3. The second-order valence-electron chi connectivity index (χ2n) is 35.0. The molecule has 121 heavy (non-hydrogen) atoms. The summed E-state index contributed by atoms with van der Waals surface area (Å²) in [6.45, 7) is 59.7. The van der Waals surface area contributed by atoms with Crippen LogP contribution >= 0.6 is 90.0 Å². The lowest BCUT2D eigenvalue weighted by Gasteiger charge is -2.36. The second-order valence-corrected chi connectivity index (χ2v) is 72.7. The number of aryl methyl sites for hydroxylation is 7. The summed E-state index contributed by atoms with van der Waals surface area (Å²) < 4.78 is 146. The van der Waals surface area contributed by atoms with Crippen LogP contribution in [0.2, 0.25) is 54.4 Å². The van der Waals surface area contributed by atoms with E-state index in [1.54, 1.807) is 112 Å². The number of carbonyl (C=O) groups excluding carboxylic acids is 3. The number of hydrogen-bond acceptors (Lipinski definition) is 30. The first-order valence-corrected chi connectivity index (χ1v) is 62.2. The molecule has 694 valence electrons. The van der Waals surface area contributed by atoms with Crippen molar-refractivity contribution in [2.75, 3.05) is 39.9 Å². The quantitative estimate of drug-likeness (QED) is 0.0182. The Kier molecular flexibility index (Phi) is 43.0. The lowest BCUT2D eigenvalue weighted by atomic mass is 10.00. The van der Waals surface area contributed by atoms with Gasteiger partial charge in [-0.3, -0.25) is 8.06 Å². The third-order valence-electron chi connectivity index (χ3n) is 19.6. The molecule has 0 amide bonds. The van der Waals surface area contributed by atoms with Gasteiger partial charge in [-0.15, -0.1) is 79.4 Å². The van der Waals surface area contributed by atoms with E-state index in [9.17, 15) is 76.9 Å². The summed E-state index contributed by atoms with van der Waals surface area (Å²) in [4.78, 5) is 38.8. The molecule has 7 aromatic heterocycles. The summed E-state index contributed by atoms with van der Waals surface area (Å²) >= 11 is 8.53. The van der Waals surface area contributed by atoms with E-state index in [1.165, 1.54) is 86.4 Å². The van der Waals surface area contributed by atoms with Gasteiger partial charge in [-0.2, -0.15) is 0 Å². The molecule has 1 aliphatic heterocycles. The van der Waals surface area contributed by atoms with Crippen LogP contribution in [-0.4, -0.2) is 145 Å². The number of carbonyl (C=O) groups is 3. The Balaban J connectivity index is 0.00000139. The predicted molar refractivity (Wildman–Crippen MR) is 511 cm³/mol. The van der Waals surface area contributed by atoms with Crippen molar-refractivity contribution in [3.8, 4) is 0 Å². The minimum atomic E-state index is -3.76. The number of thiophene rings is 7. The number of aliphatic hydroxyl groups is 4. The van der Waals surface area contributed by atoms with Gasteiger partial charge in [0.05, 0.1) is 68.5 Å². The molecule has 0 spiro atoms.